The molecule has 0 saturated carbocycles. The zero-order valence-electron chi connectivity index (χ0n) is 10.5. The number of likely N-dealkylation sites (N-methyl/N-ethyl adjacent to an activating group) is 1. The van der Waals surface area contributed by atoms with Gasteiger partial charge in [0.1, 0.15) is 5.01 Å². The quantitative estimate of drug-likeness (QED) is 0.859. The molecule has 1 aromatic rings. The van der Waals surface area contributed by atoms with Gasteiger partial charge in [-0.3, -0.25) is 0 Å². The van der Waals surface area contributed by atoms with E-state index < -0.39 is 0 Å². The van der Waals surface area contributed by atoms with E-state index in [-0.39, 0.29) is 6.10 Å². The monoisotopic (exact) mass is 256 g/mol. The van der Waals surface area contributed by atoms with Crippen LogP contribution in [0.2, 0.25) is 0 Å². The molecule has 0 aliphatic carbocycles. The van der Waals surface area contributed by atoms with Crippen LogP contribution in [0.4, 0.5) is 5.13 Å². The second-order valence-corrected chi connectivity index (χ2v) is 5.45. The summed E-state index contributed by atoms with van der Waals surface area (Å²) in [7, 11) is 2.12. The van der Waals surface area contributed by atoms with Crippen molar-refractivity contribution in [2.45, 2.75) is 25.9 Å². The summed E-state index contributed by atoms with van der Waals surface area (Å²) in [5, 5.41) is 13.6. The number of anilines is 1. The van der Waals surface area contributed by atoms with E-state index in [4.69, 9.17) is 4.74 Å². The fourth-order valence-corrected chi connectivity index (χ4v) is 2.68. The van der Waals surface area contributed by atoms with E-state index in [0.717, 1.165) is 49.2 Å². The van der Waals surface area contributed by atoms with Gasteiger partial charge < -0.3 is 15.0 Å². The van der Waals surface area contributed by atoms with Gasteiger partial charge in [0.2, 0.25) is 5.13 Å². The number of aromatic nitrogens is 2. The van der Waals surface area contributed by atoms with Gasteiger partial charge in [-0.2, -0.15) is 0 Å². The summed E-state index contributed by atoms with van der Waals surface area (Å²) in [6.07, 6.45) is 2.39. The van der Waals surface area contributed by atoms with Gasteiger partial charge in [0.15, 0.2) is 0 Å². The van der Waals surface area contributed by atoms with E-state index >= 15 is 0 Å². The highest BCUT2D eigenvalue weighted by Gasteiger charge is 2.17. The van der Waals surface area contributed by atoms with Crippen molar-refractivity contribution in [2.75, 3.05) is 38.6 Å². The molecular weight excluding hydrogens is 236 g/mol. The Labute approximate surface area is 106 Å². The lowest BCUT2D eigenvalue weighted by molar-refractivity contribution is -0.0117. The minimum absolute atomic E-state index is 0.257. The Balaban J connectivity index is 1.76. The molecule has 2 heterocycles. The van der Waals surface area contributed by atoms with Crippen molar-refractivity contribution < 1.29 is 4.74 Å². The summed E-state index contributed by atoms with van der Waals surface area (Å²) in [4.78, 5) is 2.29. The van der Waals surface area contributed by atoms with Crippen LogP contribution in [0, 0.1) is 0 Å². The highest BCUT2D eigenvalue weighted by Crippen LogP contribution is 2.16. The van der Waals surface area contributed by atoms with Crippen LogP contribution in [0.25, 0.3) is 0 Å². The van der Waals surface area contributed by atoms with E-state index in [1.807, 2.05) is 0 Å². The minimum atomic E-state index is 0.257. The molecule has 0 unspecified atom stereocenters. The number of hydrogen-bond acceptors (Lipinski definition) is 6. The first kappa shape index (κ1) is 12.7. The number of nitrogens with one attached hydrogen (secondary N) is 1. The van der Waals surface area contributed by atoms with Crippen LogP contribution < -0.4 is 5.32 Å². The maximum absolute atomic E-state index is 5.68. The van der Waals surface area contributed by atoms with Crippen molar-refractivity contribution in [3.8, 4) is 0 Å². The van der Waals surface area contributed by atoms with Gasteiger partial charge in [-0.05, 0) is 13.5 Å². The van der Waals surface area contributed by atoms with Crippen molar-refractivity contribution in [3.05, 3.63) is 5.01 Å². The minimum Gasteiger partial charge on any atom is -0.374 e. The molecule has 1 aliphatic rings. The average Bonchev–Trinajstić information content (AvgIpc) is 2.75. The lowest BCUT2D eigenvalue weighted by Crippen LogP contribution is -2.43. The van der Waals surface area contributed by atoms with Crippen molar-refractivity contribution in [2.24, 2.45) is 0 Å². The number of ether oxygens (including phenoxy) is 1. The molecule has 1 N–H and O–H groups in total. The first-order valence-electron chi connectivity index (χ1n) is 6.14. The van der Waals surface area contributed by atoms with Gasteiger partial charge in [-0.25, -0.2) is 0 Å². The molecule has 5 nitrogen and oxygen atoms in total. The van der Waals surface area contributed by atoms with E-state index in [9.17, 15) is 0 Å². The van der Waals surface area contributed by atoms with Crippen LogP contribution in [-0.2, 0) is 11.2 Å². The predicted octanol–water partition coefficient (Wildman–Crippen LogP) is 1.23. The maximum Gasteiger partial charge on any atom is 0.205 e. The van der Waals surface area contributed by atoms with Gasteiger partial charge in [-0.1, -0.05) is 18.3 Å². The number of aryl methyl sites for hydroxylation is 1. The molecule has 0 radical (unpaired) electrons. The summed E-state index contributed by atoms with van der Waals surface area (Å²) in [6, 6.07) is 0. The summed E-state index contributed by atoms with van der Waals surface area (Å²) >= 11 is 1.64. The standard InChI is InChI=1S/C11H20N4OS/c1-3-4-10-13-14-11(17-10)12-7-9-8-15(2)5-6-16-9/h9H,3-8H2,1-2H3,(H,12,14)/t9-/m1/s1. The van der Waals surface area contributed by atoms with Gasteiger partial charge in [-0.15, -0.1) is 10.2 Å². The average molecular weight is 256 g/mol. The van der Waals surface area contributed by atoms with Gasteiger partial charge >= 0.3 is 0 Å². The molecule has 0 bridgehead atoms. The second-order valence-electron chi connectivity index (χ2n) is 4.39. The van der Waals surface area contributed by atoms with Gasteiger partial charge in [0.25, 0.3) is 0 Å². The molecule has 17 heavy (non-hydrogen) atoms. The van der Waals surface area contributed by atoms with Crippen molar-refractivity contribution in [3.63, 3.8) is 0 Å². The van der Waals surface area contributed by atoms with Crippen LogP contribution in [-0.4, -0.2) is 54.5 Å². The number of morpholine rings is 1. The Morgan fingerprint density at radius 2 is 2.41 bits per heavy atom. The van der Waals surface area contributed by atoms with E-state index in [0.29, 0.717) is 0 Å². The zero-order chi connectivity index (χ0) is 12.1. The van der Waals surface area contributed by atoms with Crippen LogP contribution in [0.15, 0.2) is 0 Å². The Hall–Kier alpha value is -0.720. The molecule has 6 heteroatoms. The van der Waals surface area contributed by atoms with E-state index in [2.05, 4.69) is 34.4 Å². The Morgan fingerprint density at radius 3 is 3.18 bits per heavy atom. The summed E-state index contributed by atoms with van der Waals surface area (Å²) < 4.78 is 5.68. The molecule has 1 atom stereocenters. The largest absolute Gasteiger partial charge is 0.374 e. The normalized spacial score (nSPS) is 21.6. The van der Waals surface area contributed by atoms with Crippen molar-refractivity contribution >= 4 is 16.5 Å². The van der Waals surface area contributed by atoms with Gasteiger partial charge in [0, 0.05) is 26.1 Å². The lowest BCUT2D eigenvalue weighted by atomic mass is 10.3. The smallest absolute Gasteiger partial charge is 0.205 e. The second kappa shape index (κ2) is 6.28. The van der Waals surface area contributed by atoms with Crippen LogP contribution in [0.5, 0.6) is 0 Å². The molecule has 1 saturated heterocycles. The molecule has 2 rings (SSSR count). The molecule has 1 aromatic heterocycles. The van der Waals surface area contributed by atoms with Crippen LogP contribution in [0.3, 0.4) is 0 Å². The molecule has 0 spiro atoms. The van der Waals surface area contributed by atoms with E-state index in [1.165, 1.54) is 0 Å². The van der Waals surface area contributed by atoms with Crippen molar-refractivity contribution in [1.82, 2.24) is 15.1 Å². The molecular formula is C11H20N4OS. The fraction of sp³-hybridized carbons (Fsp3) is 0.818. The SMILES string of the molecule is CCCc1nnc(NC[C@@H]2CN(C)CCO2)s1. The Bertz CT molecular complexity index is 344. The molecule has 1 fully saturated rings. The first-order valence-corrected chi connectivity index (χ1v) is 6.96. The number of nitrogens with zero attached hydrogens (tertiary/aromatic N) is 3. The summed E-state index contributed by atoms with van der Waals surface area (Å²) in [6.45, 7) is 5.79. The highest BCUT2D eigenvalue weighted by molar-refractivity contribution is 7.15. The Morgan fingerprint density at radius 1 is 1.53 bits per heavy atom. The topological polar surface area (TPSA) is 50.3 Å². The lowest BCUT2D eigenvalue weighted by Gasteiger charge is -2.29. The molecule has 1 aliphatic heterocycles. The fourth-order valence-electron chi connectivity index (χ4n) is 1.83. The highest BCUT2D eigenvalue weighted by atomic mass is 32.1. The third-order valence-corrected chi connectivity index (χ3v) is 3.69. The van der Waals surface area contributed by atoms with Crippen molar-refractivity contribution in [1.29, 1.82) is 0 Å². The Kier molecular flexibility index (Phi) is 4.70. The molecule has 0 amide bonds. The molecule has 0 aromatic carbocycles. The predicted molar refractivity (Wildman–Crippen MR) is 69.6 cm³/mol. The number of hydrogen-bond donors (Lipinski definition) is 1. The summed E-state index contributed by atoms with van der Waals surface area (Å²) in [5.41, 5.74) is 0. The van der Waals surface area contributed by atoms with Gasteiger partial charge in [0.05, 0.1) is 12.7 Å². The van der Waals surface area contributed by atoms with E-state index in [1.54, 1.807) is 11.3 Å². The zero-order valence-corrected chi connectivity index (χ0v) is 11.3. The first-order chi connectivity index (χ1) is 8.28. The summed E-state index contributed by atoms with van der Waals surface area (Å²) in [5.74, 6) is 0. The molecule has 96 valence electrons. The van der Waals surface area contributed by atoms with Crippen LogP contribution >= 0.6 is 11.3 Å². The number of rotatable bonds is 5. The van der Waals surface area contributed by atoms with Crippen LogP contribution in [0.1, 0.15) is 18.4 Å². The third-order valence-electron chi connectivity index (χ3n) is 2.75. The maximum atomic E-state index is 5.68. The third kappa shape index (κ3) is 3.90.